The van der Waals surface area contributed by atoms with Gasteiger partial charge < -0.3 is 5.32 Å². The van der Waals surface area contributed by atoms with Crippen molar-refractivity contribution in [2.45, 2.75) is 0 Å². The van der Waals surface area contributed by atoms with Crippen LogP contribution in [0.1, 0.15) is 5.56 Å². The van der Waals surface area contributed by atoms with Crippen LogP contribution in [0.2, 0.25) is 0 Å². The van der Waals surface area contributed by atoms with Crippen LogP contribution in [0.15, 0.2) is 52.9 Å². The average Bonchev–Trinajstić information content (AvgIpc) is 3.15. The van der Waals surface area contributed by atoms with Crippen molar-refractivity contribution in [3.63, 3.8) is 0 Å². The fourth-order valence-electron chi connectivity index (χ4n) is 2.13. The van der Waals surface area contributed by atoms with E-state index in [4.69, 9.17) is 0 Å². The number of guanidine groups is 1. The Balaban J connectivity index is 1.62. The molecule has 3 heterocycles. The Kier molecular flexibility index (Phi) is 3.28. The molecule has 0 saturated carbocycles. The van der Waals surface area contributed by atoms with Gasteiger partial charge in [0.15, 0.2) is 0 Å². The number of aliphatic imine (C=N–C) groups is 1. The molecule has 1 fully saturated rings. The Labute approximate surface area is 134 Å². The second kappa shape index (κ2) is 5.58. The van der Waals surface area contributed by atoms with Gasteiger partial charge in [-0.2, -0.15) is 4.99 Å². The number of fused-ring (bicyclic) bond motifs is 1. The minimum Gasteiger partial charge on any atom is -0.321 e. The van der Waals surface area contributed by atoms with E-state index >= 15 is 0 Å². The lowest BCUT2D eigenvalue weighted by Crippen LogP contribution is -2.24. The van der Waals surface area contributed by atoms with Crippen molar-refractivity contribution in [3.8, 4) is 0 Å². The summed E-state index contributed by atoms with van der Waals surface area (Å²) in [6.45, 7) is 0. The molecule has 112 valence electrons. The van der Waals surface area contributed by atoms with Crippen LogP contribution in [0.3, 0.4) is 0 Å². The second-order valence-corrected chi connectivity index (χ2v) is 5.61. The monoisotopic (exact) mass is 322 g/mol. The number of hydrogen-bond donors (Lipinski definition) is 2. The number of nitrogens with zero attached hydrogens (tertiary/aromatic N) is 4. The number of carbonyl (C=O) groups excluding carboxylic acids is 1. The molecule has 4 rings (SSSR count). The number of aromatic nitrogens is 3. The predicted molar refractivity (Wildman–Crippen MR) is 88.0 cm³/mol. The number of carbonyl (C=O) groups is 1. The topological polar surface area (TPSA) is 92.2 Å². The van der Waals surface area contributed by atoms with Gasteiger partial charge in [0, 0.05) is 12.4 Å². The fourth-order valence-corrected chi connectivity index (χ4v) is 2.85. The zero-order valence-electron chi connectivity index (χ0n) is 11.7. The summed E-state index contributed by atoms with van der Waals surface area (Å²) in [6, 6.07) is 7.53. The van der Waals surface area contributed by atoms with E-state index in [-0.39, 0.29) is 11.9 Å². The molecule has 0 spiro atoms. The molecule has 0 radical (unpaired) electrons. The smallest absolute Gasteiger partial charge is 0.274 e. The summed E-state index contributed by atoms with van der Waals surface area (Å²) in [5.41, 5.74) is 4.08. The summed E-state index contributed by atoms with van der Waals surface area (Å²) in [6.07, 6.45) is 4.94. The molecule has 3 aromatic rings. The lowest BCUT2D eigenvalue weighted by atomic mass is 10.2. The van der Waals surface area contributed by atoms with E-state index in [9.17, 15) is 4.79 Å². The van der Waals surface area contributed by atoms with Crippen LogP contribution in [0.25, 0.3) is 16.3 Å². The van der Waals surface area contributed by atoms with Gasteiger partial charge in [-0.15, -0.1) is 11.3 Å². The first kappa shape index (κ1) is 13.5. The average molecular weight is 322 g/mol. The van der Waals surface area contributed by atoms with E-state index in [1.54, 1.807) is 41.4 Å². The third kappa shape index (κ3) is 2.79. The molecule has 1 amide bonds. The molecule has 0 bridgehead atoms. The van der Waals surface area contributed by atoms with E-state index < -0.39 is 0 Å². The van der Waals surface area contributed by atoms with Crippen LogP contribution < -0.4 is 10.6 Å². The van der Waals surface area contributed by atoms with Crippen LogP contribution in [0.4, 0.5) is 5.95 Å². The van der Waals surface area contributed by atoms with Gasteiger partial charge in [0.2, 0.25) is 5.96 Å². The third-order valence-electron chi connectivity index (χ3n) is 3.16. The molecular formula is C15H10N6OS. The zero-order chi connectivity index (χ0) is 15.6. The first-order valence-corrected chi connectivity index (χ1v) is 7.65. The Hall–Kier alpha value is -3.13. The van der Waals surface area contributed by atoms with Crippen molar-refractivity contribution in [2.24, 2.45) is 4.99 Å². The van der Waals surface area contributed by atoms with Gasteiger partial charge in [-0.3, -0.25) is 10.1 Å². The number of thiazole rings is 1. The second-order valence-electron chi connectivity index (χ2n) is 4.73. The fraction of sp³-hybridized carbons (Fsp3) is 0. The van der Waals surface area contributed by atoms with Crippen molar-refractivity contribution in [2.75, 3.05) is 0 Å². The summed E-state index contributed by atoms with van der Waals surface area (Å²) < 4.78 is 1.07. The Bertz CT molecular complexity index is 947. The maximum atomic E-state index is 12.0. The van der Waals surface area contributed by atoms with Crippen LogP contribution >= 0.6 is 11.3 Å². The highest BCUT2D eigenvalue weighted by Gasteiger charge is 2.22. The normalized spacial score (nSPS) is 17.7. The summed E-state index contributed by atoms with van der Waals surface area (Å²) in [4.78, 5) is 28.4. The number of amides is 1. The SMILES string of the molecule is O=C1N/C(=N\c2ncccn2)N/C1=C\c1ccc2ncsc2c1. The Morgan fingerprint density at radius 2 is 2.00 bits per heavy atom. The molecule has 2 N–H and O–H groups in total. The van der Waals surface area contributed by atoms with Crippen LogP contribution in [-0.4, -0.2) is 26.8 Å². The Morgan fingerprint density at radius 3 is 2.87 bits per heavy atom. The predicted octanol–water partition coefficient (Wildman–Crippen LogP) is 1.83. The molecule has 8 heteroatoms. The van der Waals surface area contributed by atoms with Gasteiger partial charge in [0.05, 0.1) is 15.7 Å². The van der Waals surface area contributed by atoms with Gasteiger partial charge in [-0.05, 0) is 29.8 Å². The lowest BCUT2D eigenvalue weighted by Gasteiger charge is -1.97. The van der Waals surface area contributed by atoms with E-state index in [1.165, 1.54) is 0 Å². The van der Waals surface area contributed by atoms with Crippen molar-refractivity contribution < 1.29 is 4.79 Å². The van der Waals surface area contributed by atoms with Crippen LogP contribution in [-0.2, 0) is 4.79 Å². The highest BCUT2D eigenvalue weighted by Crippen LogP contribution is 2.20. The van der Waals surface area contributed by atoms with Crippen molar-refractivity contribution in [1.82, 2.24) is 25.6 Å². The highest BCUT2D eigenvalue weighted by atomic mass is 32.1. The van der Waals surface area contributed by atoms with Crippen LogP contribution in [0, 0.1) is 0 Å². The van der Waals surface area contributed by atoms with Gasteiger partial charge in [0.25, 0.3) is 11.9 Å². The highest BCUT2D eigenvalue weighted by molar-refractivity contribution is 7.16. The number of nitrogens with one attached hydrogen (secondary N) is 2. The number of benzene rings is 1. The molecule has 0 aliphatic carbocycles. The van der Waals surface area contributed by atoms with Gasteiger partial charge in [-0.1, -0.05) is 6.07 Å². The minimum atomic E-state index is -0.246. The third-order valence-corrected chi connectivity index (χ3v) is 3.95. The van der Waals surface area contributed by atoms with Crippen molar-refractivity contribution >= 4 is 45.4 Å². The van der Waals surface area contributed by atoms with E-state index in [0.29, 0.717) is 11.7 Å². The first-order chi connectivity index (χ1) is 11.3. The minimum absolute atomic E-state index is 0.246. The molecule has 2 aromatic heterocycles. The largest absolute Gasteiger partial charge is 0.321 e. The number of hydrogen-bond acceptors (Lipinski definition) is 6. The van der Waals surface area contributed by atoms with Gasteiger partial charge in [-0.25, -0.2) is 15.0 Å². The molecule has 1 aliphatic rings. The standard InChI is InChI=1S/C15H10N6OS/c22-13-11(6-9-2-3-10-12(7-9)23-8-18-10)19-15(20-13)21-14-16-4-1-5-17-14/h1-8H,(H2,16,17,19,20,21,22)/b11-6-. The summed E-state index contributed by atoms with van der Waals surface area (Å²) in [7, 11) is 0. The molecule has 0 atom stereocenters. The molecule has 1 saturated heterocycles. The summed E-state index contributed by atoms with van der Waals surface area (Å²) in [5, 5.41) is 5.58. The van der Waals surface area contributed by atoms with E-state index in [0.717, 1.165) is 15.8 Å². The molecule has 0 unspecified atom stereocenters. The lowest BCUT2D eigenvalue weighted by molar-refractivity contribution is -0.115. The van der Waals surface area contributed by atoms with Gasteiger partial charge in [0.1, 0.15) is 5.70 Å². The first-order valence-electron chi connectivity index (χ1n) is 6.77. The van der Waals surface area contributed by atoms with Crippen molar-refractivity contribution in [1.29, 1.82) is 0 Å². The maximum absolute atomic E-state index is 12.0. The quantitative estimate of drug-likeness (QED) is 0.702. The molecule has 7 nitrogen and oxygen atoms in total. The molecule has 1 aromatic carbocycles. The zero-order valence-corrected chi connectivity index (χ0v) is 12.5. The van der Waals surface area contributed by atoms with E-state index in [2.05, 4.69) is 30.6 Å². The summed E-state index contributed by atoms with van der Waals surface area (Å²) >= 11 is 1.56. The summed E-state index contributed by atoms with van der Waals surface area (Å²) in [5.74, 6) is 0.345. The molecular weight excluding hydrogens is 312 g/mol. The maximum Gasteiger partial charge on any atom is 0.274 e. The molecule has 1 aliphatic heterocycles. The van der Waals surface area contributed by atoms with Gasteiger partial charge >= 0.3 is 0 Å². The van der Waals surface area contributed by atoms with Crippen molar-refractivity contribution in [3.05, 3.63) is 53.4 Å². The van der Waals surface area contributed by atoms with Crippen LogP contribution in [0.5, 0.6) is 0 Å². The number of rotatable bonds is 2. The van der Waals surface area contributed by atoms with E-state index in [1.807, 2.05) is 18.2 Å². The molecule has 23 heavy (non-hydrogen) atoms. The Morgan fingerprint density at radius 1 is 1.13 bits per heavy atom.